The minimum absolute atomic E-state index is 0.0321. The first-order valence-corrected chi connectivity index (χ1v) is 11.2. The van der Waals surface area contributed by atoms with Crippen LogP contribution in [0.4, 0.5) is 0 Å². The summed E-state index contributed by atoms with van der Waals surface area (Å²) in [6.45, 7) is 11.8. The molecule has 3 aromatic carbocycles. The molecule has 0 aliphatic rings. The Labute approximate surface area is 190 Å². The number of nitrogens with zero attached hydrogens (tertiary/aromatic N) is 2. The van der Waals surface area contributed by atoms with Crippen LogP contribution in [0, 0.1) is 34.6 Å². The van der Waals surface area contributed by atoms with E-state index in [9.17, 15) is 4.79 Å². The van der Waals surface area contributed by atoms with Gasteiger partial charge in [0.1, 0.15) is 5.82 Å². The van der Waals surface area contributed by atoms with Crippen LogP contribution in [0.15, 0.2) is 54.6 Å². The number of fused-ring (bicyclic) bond motifs is 1. The van der Waals surface area contributed by atoms with Gasteiger partial charge in [-0.3, -0.25) is 4.79 Å². The van der Waals surface area contributed by atoms with Gasteiger partial charge >= 0.3 is 0 Å². The first-order valence-electron chi connectivity index (χ1n) is 11.2. The molecule has 4 heteroatoms. The summed E-state index contributed by atoms with van der Waals surface area (Å²) in [5, 5.41) is 3.08. The van der Waals surface area contributed by atoms with E-state index in [0.29, 0.717) is 13.0 Å². The zero-order valence-electron chi connectivity index (χ0n) is 19.6. The van der Waals surface area contributed by atoms with Crippen LogP contribution in [-0.4, -0.2) is 22.0 Å². The smallest absolute Gasteiger partial charge is 0.251 e. The Balaban J connectivity index is 1.57. The van der Waals surface area contributed by atoms with Crippen LogP contribution in [-0.2, 0) is 13.0 Å². The Bertz CT molecular complexity index is 1280. The van der Waals surface area contributed by atoms with Gasteiger partial charge in [0.2, 0.25) is 0 Å². The lowest BCUT2D eigenvalue weighted by atomic mass is 9.99. The van der Waals surface area contributed by atoms with Crippen molar-refractivity contribution < 1.29 is 4.79 Å². The standard InChI is InChI=1S/C28H31N3O/c1-18-10-11-23(20(3)14-18)28(32)29-13-12-27-30-25-8-6-7-9-26(25)31(27)17-24-21(4)15-19(2)16-22(24)5/h6-11,14-16H,12-13,17H2,1-5H3,(H,29,32). The van der Waals surface area contributed by atoms with Crippen LogP contribution >= 0.6 is 0 Å². The van der Waals surface area contributed by atoms with Crippen LogP contribution in [0.5, 0.6) is 0 Å². The minimum Gasteiger partial charge on any atom is -0.352 e. The van der Waals surface area contributed by atoms with Crippen molar-refractivity contribution in [2.45, 2.75) is 47.6 Å². The number of para-hydroxylation sites is 2. The van der Waals surface area contributed by atoms with Crippen LogP contribution in [0.25, 0.3) is 11.0 Å². The quantitative estimate of drug-likeness (QED) is 0.437. The number of rotatable bonds is 6. The van der Waals surface area contributed by atoms with Crippen molar-refractivity contribution in [3.63, 3.8) is 0 Å². The summed E-state index contributed by atoms with van der Waals surface area (Å²) in [5.41, 5.74) is 10.2. The van der Waals surface area contributed by atoms with Crippen molar-refractivity contribution in [2.24, 2.45) is 0 Å². The molecule has 4 rings (SSSR count). The van der Waals surface area contributed by atoms with Crippen molar-refractivity contribution in [2.75, 3.05) is 6.54 Å². The summed E-state index contributed by atoms with van der Waals surface area (Å²) < 4.78 is 2.29. The highest BCUT2D eigenvalue weighted by molar-refractivity contribution is 5.95. The molecule has 1 N–H and O–H groups in total. The first kappa shape index (κ1) is 21.8. The third-order valence-electron chi connectivity index (χ3n) is 6.15. The summed E-state index contributed by atoms with van der Waals surface area (Å²) in [7, 11) is 0. The number of amides is 1. The van der Waals surface area contributed by atoms with Gasteiger partial charge in [-0.15, -0.1) is 0 Å². The zero-order chi connectivity index (χ0) is 22.8. The number of carbonyl (C=O) groups is 1. The SMILES string of the molecule is Cc1ccc(C(=O)NCCc2nc3ccccc3n2Cc2c(C)cc(C)cc2C)c(C)c1. The summed E-state index contributed by atoms with van der Waals surface area (Å²) in [5.74, 6) is 0.960. The topological polar surface area (TPSA) is 46.9 Å². The molecule has 0 saturated heterocycles. The summed E-state index contributed by atoms with van der Waals surface area (Å²) in [6.07, 6.45) is 0.676. The third-order valence-corrected chi connectivity index (χ3v) is 6.15. The molecule has 1 aromatic heterocycles. The van der Waals surface area contributed by atoms with E-state index in [2.05, 4.69) is 61.0 Å². The maximum atomic E-state index is 12.7. The molecule has 4 nitrogen and oxygen atoms in total. The van der Waals surface area contributed by atoms with E-state index in [-0.39, 0.29) is 5.91 Å². The number of benzene rings is 3. The van der Waals surface area contributed by atoms with E-state index in [0.717, 1.165) is 40.1 Å². The van der Waals surface area contributed by atoms with Crippen LogP contribution in [0.2, 0.25) is 0 Å². The van der Waals surface area contributed by atoms with Crippen molar-refractivity contribution in [1.29, 1.82) is 0 Å². The molecule has 0 radical (unpaired) electrons. The molecule has 0 aliphatic heterocycles. The number of carbonyl (C=O) groups excluding carboxylic acids is 1. The summed E-state index contributed by atoms with van der Waals surface area (Å²) in [4.78, 5) is 17.6. The number of aromatic nitrogens is 2. The van der Waals surface area contributed by atoms with E-state index in [4.69, 9.17) is 4.98 Å². The molecule has 1 heterocycles. The molecule has 0 saturated carbocycles. The minimum atomic E-state index is -0.0321. The lowest BCUT2D eigenvalue weighted by Crippen LogP contribution is -2.27. The molecule has 1 amide bonds. The fourth-order valence-electron chi connectivity index (χ4n) is 4.56. The molecule has 0 spiro atoms. The molecular weight excluding hydrogens is 394 g/mol. The van der Waals surface area contributed by atoms with Crippen LogP contribution in [0.3, 0.4) is 0 Å². The number of hydrogen-bond acceptors (Lipinski definition) is 2. The normalized spacial score (nSPS) is 11.2. The van der Waals surface area contributed by atoms with Crippen molar-refractivity contribution >= 4 is 16.9 Å². The average Bonchev–Trinajstić information content (AvgIpc) is 3.07. The van der Waals surface area contributed by atoms with E-state index in [1.165, 1.54) is 22.3 Å². The Morgan fingerprint density at radius 3 is 2.28 bits per heavy atom. The van der Waals surface area contributed by atoms with E-state index >= 15 is 0 Å². The van der Waals surface area contributed by atoms with Crippen molar-refractivity contribution in [3.05, 3.63) is 99.4 Å². The number of aryl methyl sites for hydroxylation is 5. The van der Waals surface area contributed by atoms with E-state index in [1.807, 2.05) is 38.1 Å². The average molecular weight is 426 g/mol. The van der Waals surface area contributed by atoms with Crippen molar-refractivity contribution in [3.8, 4) is 0 Å². The fraction of sp³-hybridized carbons (Fsp3) is 0.286. The van der Waals surface area contributed by atoms with Gasteiger partial charge in [-0.25, -0.2) is 4.98 Å². The maximum absolute atomic E-state index is 12.7. The fourth-order valence-corrected chi connectivity index (χ4v) is 4.56. The van der Waals surface area contributed by atoms with Crippen LogP contribution < -0.4 is 5.32 Å². The lowest BCUT2D eigenvalue weighted by molar-refractivity contribution is 0.0953. The van der Waals surface area contributed by atoms with Crippen molar-refractivity contribution in [1.82, 2.24) is 14.9 Å². The lowest BCUT2D eigenvalue weighted by Gasteiger charge is -2.15. The molecule has 4 aromatic rings. The second-order valence-electron chi connectivity index (χ2n) is 8.80. The van der Waals surface area contributed by atoms with Gasteiger partial charge < -0.3 is 9.88 Å². The molecule has 0 fully saturated rings. The Morgan fingerprint density at radius 1 is 0.875 bits per heavy atom. The van der Waals surface area contributed by atoms with Crippen LogP contribution in [0.1, 0.15) is 49.6 Å². The van der Waals surface area contributed by atoms with Gasteiger partial charge in [0, 0.05) is 25.1 Å². The molecule has 32 heavy (non-hydrogen) atoms. The highest BCUT2D eigenvalue weighted by Gasteiger charge is 2.14. The van der Waals surface area contributed by atoms with E-state index < -0.39 is 0 Å². The Morgan fingerprint density at radius 2 is 1.56 bits per heavy atom. The highest BCUT2D eigenvalue weighted by Crippen LogP contribution is 2.23. The van der Waals surface area contributed by atoms with Gasteiger partial charge in [0.25, 0.3) is 5.91 Å². The van der Waals surface area contributed by atoms with Gasteiger partial charge in [-0.05, 0) is 75.1 Å². The molecule has 0 atom stereocenters. The number of hydrogen-bond donors (Lipinski definition) is 1. The second kappa shape index (κ2) is 8.99. The molecule has 164 valence electrons. The second-order valence-corrected chi connectivity index (χ2v) is 8.80. The largest absolute Gasteiger partial charge is 0.352 e. The highest BCUT2D eigenvalue weighted by atomic mass is 16.1. The maximum Gasteiger partial charge on any atom is 0.251 e. The zero-order valence-corrected chi connectivity index (χ0v) is 19.6. The Hall–Kier alpha value is -3.40. The molecule has 0 bridgehead atoms. The third kappa shape index (κ3) is 4.45. The predicted octanol–water partition coefficient (Wildman–Crippen LogP) is 5.60. The Kier molecular flexibility index (Phi) is 6.13. The van der Waals surface area contributed by atoms with Gasteiger partial charge in [0.05, 0.1) is 11.0 Å². The van der Waals surface area contributed by atoms with Gasteiger partial charge in [-0.2, -0.15) is 0 Å². The predicted molar refractivity (Wildman–Crippen MR) is 131 cm³/mol. The molecular formula is C28H31N3O. The monoisotopic (exact) mass is 425 g/mol. The molecule has 0 unspecified atom stereocenters. The first-order chi connectivity index (χ1) is 15.3. The van der Waals surface area contributed by atoms with Gasteiger partial charge in [0.15, 0.2) is 0 Å². The molecule has 0 aliphatic carbocycles. The van der Waals surface area contributed by atoms with E-state index in [1.54, 1.807) is 0 Å². The van der Waals surface area contributed by atoms with Gasteiger partial charge in [-0.1, -0.05) is 47.5 Å². The summed E-state index contributed by atoms with van der Waals surface area (Å²) >= 11 is 0. The number of imidazole rings is 1. The number of nitrogens with one attached hydrogen (secondary N) is 1. The summed E-state index contributed by atoms with van der Waals surface area (Å²) in [6, 6.07) is 18.7.